The minimum Gasteiger partial charge on any atom is -0.118 e. The first kappa shape index (κ1) is 11.5. The van der Waals surface area contributed by atoms with Crippen molar-refractivity contribution in [3.8, 4) is 0 Å². The van der Waals surface area contributed by atoms with Crippen LogP contribution in [-0.2, 0) is 0 Å². The third-order valence-electron chi connectivity index (χ3n) is 3.93. The molecular weight excluding hydrogens is 175 g/mol. The van der Waals surface area contributed by atoms with Crippen LogP contribution in [0.5, 0.6) is 0 Å². The van der Waals surface area contributed by atoms with Gasteiger partial charge in [-0.25, -0.2) is 0 Å². The zero-order valence-corrected chi connectivity index (χ0v) is 11.1. The minimum atomic E-state index is 0.527. The van der Waals surface area contributed by atoms with Gasteiger partial charge < -0.3 is 0 Å². The van der Waals surface area contributed by atoms with Crippen molar-refractivity contribution in [3.05, 3.63) is 0 Å². The molecule has 0 bridgehead atoms. The number of hydrogen-bond acceptors (Lipinski definition) is 0. The van der Waals surface area contributed by atoms with Crippen LogP contribution in [0.4, 0.5) is 0 Å². The molecule has 1 heteroatoms. The van der Waals surface area contributed by atoms with Crippen LogP contribution in [0.15, 0.2) is 0 Å². The van der Waals surface area contributed by atoms with E-state index in [1.54, 1.807) is 0 Å². The average Bonchev–Trinajstić information content (AvgIpc) is 2.72. The molecule has 0 N–H and O–H groups in total. The highest BCUT2D eigenvalue weighted by atomic mass is 31.1. The van der Waals surface area contributed by atoms with Gasteiger partial charge in [-0.05, 0) is 35.5 Å². The van der Waals surface area contributed by atoms with Crippen LogP contribution in [0, 0.1) is 17.3 Å². The van der Waals surface area contributed by atoms with Crippen molar-refractivity contribution in [2.75, 3.05) is 6.66 Å². The van der Waals surface area contributed by atoms with E-state index in [0.29, 0.717) is 5.41 Å². The summed E-state index contributed by atoms with van der Waals surface area (Å²) in [5.74, 6) is 2.00. The van der Waals surface area contributed by atoms with Crippen molar-refractivity contribution in [3.63, 3.8) is 0 Å². The Morgan fingerprint density at radius 1 is 1.23 bits per heavy atom. The lowest BCUT2D eigenvalue weighted by Crippen LogP contribution is -2.16. The van der Waals surface area contributed by atoms with Crippen molar-refractivity contribution < 1.29 is 0 Å². The van der Waals surface area contributed by atoms with E-state index in [0.717, 1.165) is 25.6 Å². The van der Waals surface area contributed by atoms with Crippen LogP contribution in [0.3, 0.4) is 0 Å². The van der Waals surface area contributed by atoms with Gasteiger partial charge in [0.1, 0.15) is 0 Å². The molecule has 4 atom stereocenters. The third-order valence-corrected chi connectivity index (χ3v) is 5.90. The second-order valence-corrected chi connectivity index (χ2v) is 6.93. The van der Waals surface area contributed by atoms with Gasteiger partial charge >= 0.3 is 0 Å². The summed E-state index contributed by atoms with van der Waals surface area (Å²) >= 11 is 0. The molecule has 13 heavy (non-hydrogen) atoms. The van der Waals surface area contributed by atoms with Gasteiger partial charge in [-0.3, -0.25) is 0 Å². The largest absolute Gasteiger partial charge is 0.118 e. The molecule has 0 amide bonds. The van der Waals surface area contributed by atoms with Crippen molar-refractivity contribution in [1.29, 1.82) is 0 Å². The molecule has 0 aromatic rings. The fourth-order valence-corrected chi connectivity index (χ4v) is 5.45. The predicted octanol–water partition coefficient (Wildman–Crippen LogP) is 4.15. The van der Waals surface area contributed by atoms with Crippen LogP contribution < -0.4 is 0 Å². The van der Waals surface area contributed by atoms with E-state index in [1.165, 1.54) is 12.8 Å². The minimum absolute atomic E-state index is 0.527. The molecule has 1 saturated carbocycles. The molecular formula is C12H25P. The summed E-state index contributed by atoms with van der Waals surface area (Å²) in [6.45, 7) is 14.4. The lowest BCUT2D eigenvalue weighted by molar-refractivity contribution is 0.319. The SMILES string of the molecule is CCC1C(C(C)(C)C)C1(CC)PC. The summed E-state index contributed by atoms with van der Waals surface area (Å²) in [4.78, 5) is 0. The van der Waals surface area contributed by atoms with Gasteiger partial charge in [0.15, 0.2) is 0 Å². The molecule has 0 aromatic carbocycles. The van der Waals surface area contributed by atoms with Gasteiger partial charge in [0.25, 0.3) is 0 Å². The molecule has 1 aliphatic carbocycles. The van der Waals surface area contributed by atoms with Crippen molar-refractivity contribution in [1.82, 2.24) is 0 Å². The Morgan fingerprint density at radius 2 is 1.77 bits per heavy atom. The smallest absolute Gasteiger partial charge is 0.00595 e. The zero-order chi connectivity index (χ0) is 10.3. The predicted molar refractivity (Wildman–Crippen MR) is 64.0 cm³/mol. The quantitative estimate of drug-likeness (QED) is 0.600. The maximum Gasteiger partial charge on any atom is -0.00595 e. The van der Waals surface area contributed by atoms with Crippen LogP contribution >= 0.6 is 8.58 Å². The fraction of sp³-hybridized carbons (Fsp3) is 1.00. The zero-order valence-electron chi connectivity index (χ0n) is 10.1. The molecule has 1 fully saturated rings. The van der Waals surface area contributed by atoms with E-state index in [4.69, 9.17) is 0 Å². The molecule has 1 aliphatic rings. The van der Waals surface area contributed by atoms with E-state index < -0.39 is 0 Å². The Balaban J connectivity index is 2.79. The monoisotopic (exact) mass is 200 g/mol. The molecule has 0 spiro atoms. The van der Waals surface area contributed by atoms with E-state index in [-0.39, 0.29) is 0 Å². The number of hydrogen-bond donors (Lipinski definition) is 0. The lowest BCUT2D eigenvalue weighted by atomic mass is 9.87. The molecule has 4 unspecified atom stereocenters. The molecule has 78 valence electrons. The molecule has 0 nitrogen and oxygen atoms in total. The van der Waals surface area contributed by atoms with E-state index in [1.807, 2.05) is 0 Å². The fourth-order valence-electron chi connectivity index (χ4n) is 3.49. The topological polar surface area (TPSA) is 0 Å². The first-order valence-electron chi connectivity index (χ1n) is 5.63. The summed E-state index contributed by atoms with van der Waals surface area (Å²) in [5, 5.41) is 0.729. The van der Waals surface area contributed by atoms with E-state index >= 15 is 0 Å². The molecule has 0 radical (unpaired) electrons. The molecule has 0 aromatic heterocycles. The van der Waals surface area contributed by atoms with Crippen molar-refractivity contribution in [2.24, 2.45) is 17.3 Å². The summed E-state index contributed by atoms with van der Waals surface area (Å²) in [7, 11) is 1.14. The Bertz CT molecular complexity index is 174. The maximum atomic E-state index is 2.41. The van der Waals surface area contributed by atoms with E-state index in [9.17, 15) is 0 Å². The Hall–Kier alpha value is 0.430. The summed E-state index contributed by atoms with van der Waals surface area (Å²) in [5.41, 5.74) is 0.527. The second-order valence-electron chi connectivity index (χ2n) is 5.50. The summed E-state index contributed by atoms with van der Waals surface area (Å²) in [6, 6.07) is 0. The molecule has 0 aliphatic heterocycles. The standard InChI is InChI=1S/C12H25P/c1-7-9-10(11(3,4)5)12(9,8-2)13-6/h9-10,13H,7-8H2,1-6H3. The van der Waals surface area contributed by atoms with Crippen LogP contribution in [0.2, 0.25) is 0 Å². The Kier molecular flexibility index (Phi) is 3.13. The normalized spacial score (nSPS) is 40.2. The first-order chi connectivity index (χ1) is 5.94. The van der Waals surface area contributed by atoms with Gasteiger partial charge in [-0.15, -0.1) is 8.58 Å². The van der Waals surface area contributed by atoms with Gasteiger partial charge in [0.05, 0.1) is 0 Å². The lowest BCUT2D eigenvalue weighted by Gasteiger charge is -2.23. The highest BCUT2D eigenvalue weighted by Gasteiger charge is 2.64. The summed E-state index contributed by atoms with van der Waals surface area (Å²) in [6.07, 6.45) is 2.78. The average molecular weight is 200 g/mol. The van der Waals surface area contributed by atoms with E-state index in [2.05, 4.69) is 41.3 Å². The molecule has 0 heterocycles. The van der Waals surface area contributed by atoms with Crippen LogP contribution in [0.25, 0.3) is 0 Å². The Morgan fingerprint density at radius 3 is 1.85 bits per heavy atom. The highest BCUT2D eigenvalue weighted by Crippen LogP contribution is 2.70. The molecule has 0 saturated heterocycles. The van der Waals surface area contributed by atoms with Gasteiger partial charge in [0.2, 0.25) is 0 Å². The van der Waals surface area contributed by atoms with Gasteiger partial charge in [0, 0.05) is 0 Å². The molecule has 1 rings (SSSR count). The first-order valence-corrected chi connectivity index (χ1v) is 7.13. The van der Waals surface area contributed by atoms with Crippen LogP contribution in [0.1, 0.15) is 47.5 Å². The third kappa shape index (κ3) is 1.67. The number of rotatable bonds is 3. The second kappa shape index (κ2) is 3.54. The van der Waals surface area contributed by atoms with Crippen LogP contribution in [-0.4, -0.2) is 11.8 Å². The Labute approximate surface area is 85.7 Å². The summed E-state index contributed by atoms with van der Waals surface area (Å²) < 4.78 is 0. The van der Waals surface area contributed by atoms with Crippen molar-refractivity contribution >= 4 is 8.58 Å². The van der Waals surface area contributed by atoms with Crippen molar-refractivity contribution in [2.45, 2.75) is 52.6 Å². The maximum absolute atomic E-state index is 2.41. The van der Waals surface area contributed by atoms with Gasteiger partial charge in [-0.2, -0.15) is 0 Å². The highest BCUT2D eigenvalue weighted by molar-refractivity contribution is 7.39. The van der Waals surface area contributed by atoms with Gasteiger partial charge in [-0.1, -0.05) is 41.0 Å².